The maximum atomic E-state index is 9.53. The zero-order chi connectivity index (χ0) is 38.7. The van der Waals surface area contributed by atoms with Gasteiger partial charge in [-0.05, 0) is 134 Å². The molecule has 0 bridgehead atoms. The molecule has 0 spiro atoms. The Hall–Kier alpha value is -7.66. The minimum Gasteiger partial charge on any atom is -0.310 e. The number of benzene rings is 9. The lowest BCUT2D eigenvalue weighted by Crippen LogP contribution is -2.24. The third-order valence-corrected chi connectivity index (χ3v) is 11.6. The minimum atomic E-state index is -0.307. The van der Waals surface area contributed by atoms with E-state index in [1.54, 1.807) is 0 Å². The summed E-state index contributed by atoms with van der Waals surface area (Å²) >= 11 is 0. The van der Waals surface area contributed by atoms with Gasteiger partial charge in [0.2, 0.25) is 0 Å². The second-order valence-corrected chi connectivity index (χ2v) is 15.2. The van der Waals surface area contributed by atoms with Crippen molar-refractivity contribution < 1.29 is 0 Å². The first kappa shape index (κ1) is 33.9. The third-order valence-electron chi connectivity index (χ3n) is 11.6. The number of para-hydroxylation sites is 2. The Kier molecular flexibility index (Phi) is 7.89. The molecule has 268 valence electrons. The van der Waals surface area contributed by atoms with Crippen LogP contribution in [0.5, 0.6) is 0 Å². The molecule has 4 heteroatoms. The fourth-order valence-electron chi connectivity index (χ4n) is 8.92. The molecule has 0 atom stereocenters. The predicted molar refractivity (Wildman–Crippen MR) is 237 cm³/mol. The summed E-state index contributed by atoms with van der Waals surface area (Å²) in [4.78, 5) is 8.26. The van der Waals surface area contributed by atoms with Crippen LogP contribution in [-0.2, 0) is 5.41 Å². The van der Waals surface area contributed by atoms with Gasteiger partial charge in [-0.3, -0.25) is 0 Å². The zero-order valence-corrected chi connectivity index (χ0v) is 31.6. The molecule has 0 saturated heterocycles. The van der Waals surface area contributed by atoms with Crippen molar-refractivity contribution in [2.75, 3.05) is 9.80 Å². The van der Waals surface area contributed by atoms with E-state index in [4.69, 9.17) is 6.57 Å². The highest BCUT2D eigenvalue weighted by atomic mass is 15.1. The van der Waals surface area contributed by atoms with E-state index in [1.165, 1.54) is 49.2 Å². The summed E-state index contributed by atoms with van der Waals surface area (Å²) < 4.78 is 0. The number of fused-ring (bicyclic) bond motifs is 6. The Morgan fingerprint density at radius 1 is 0.474 bits per heavy atom. The molecule has 4 nitrogen and oxygen atoms in total. The molecule has 0 aliphatic heterocycles. The van der Waals surface area contributed by atoms with Crippen molar-refractivity contribution in [1.29, 1.82) is 5.26 Å². The van der Waals surface area contributed by atoms with Crippen molar-refractivity contribution in [3.05, 3.63) is 210 Å². The molecule has 0 radical (unpaired) electrons. The van der Waals surface area contributed by atoms with Gasteiger partial charge in [-0.2, -0.15) is 5.26 Å². The van der Waals surface area contributed by atoms with E-state index < -0.39 is 0 Å². The summed E-state index contributed by atoms with van der Waals surface area (Å²) in [7, 11) is 0. The Morgan fingerprint density at radius 2 is 1.04 bits per heavy atom. The molecular formula is C53H36N4. The van der Waals surface area contributed by atoms with Crippen LogP contribution >= 0.6 is 0 Å². The second-order valence-electron chi connectivity index (χ2n) is 15.2. The van der Waals surface area contributed by atoms with E-state index in [2.05, 4.69) is 156 Å². The SMILES string of the molecule is [C-]#[N+]c1ccc(N(c2ccccc2)c2cc3c4cccc5c4c(cc3c3ccccc23)-c2ccc(N(c3ccccc3)c3ccc(C#N)cc3)cc2C5(C)C)cc1. The number of nitrogens with zero attached hydrogens (tertiary/aromatic N) is 4. The van der Waals surface area contributed by atoms with Gasteiger partial charge < -0.3 is 9.80 Å². The molecule has 1 aliphatic carbocycles. The molecular weight excluding hydrogens is 693 g/mol. The van der Waals surface area contributed by atoms with Crippen LogP contribution in [0.3, 0.4) is 0 Å². The van der Waals surface area contributed by atoms with Crippen LogP contribution in [-0.4, -0.2) is 0 Å². The minimum absolute atomic E-state index is 0.307. The molecule has 0 amide bonds. The van der Waals surface area contributed by atoms with Crippen molar-refractivity contribution >= 4 is 72.1 Å². The first-order valence-electron chi connectivity index (χ1n) is 19.2. The van der Waals surface area contributed by atoms with Crippen LogP contribution in [0.25, 0.3) is 48.3 Å². The molecule has 0 fully saturated rings. The van der Waals surface area contributed by atoms with Crippen LogP contribution in [0, 0.1) is 17.9 Å². The summed E-state index contributed by atoms with van der Waals surface area (Å²) in [6.07, 6.45) is 0. The van der Waals surface area contributed by atoms with Crippen molar-refractivity contribution in [2.45, 2.75) is 19.3 Å². The molecule has 9 aromatic carbocycles. The molecule has 0 unspecified atom stereocenters. The molecule has 1 aliphatic rings. The van der Waals surface area contributed by atoms with Crippen molar-refractivity contribution in [2.24, 2.45) is 0 Å². The lowest BCUT2D eigenvalue weighted by molar-refractivity contribution is 0.645. The van der Waals surface area contributed by atoms with E-state index in [-0.39, 0.29) is 5.41 Å². The van der Waals surface area contributed by atoms with Gasteiger partial charge in [-0.1, -0.05) is 111 Å². The molecule has 0 aromatic heterocycles. The summed E-state index contributed by atoms with van der Waals surface area (Å²) in [5.41, 5.74) is 12.3. The molecule has 57 heavy (non-hydrogen) atoms. The van der Waals surface area contributed by atoms with Crippen LogP contribution in [0.15, 0.2) is 182 Å². The van der Waals surface area contributed by atoms with Gasteiger partial charge in [-0.15, -0.1) is 0 Å². The van der Waals surface area contributed by atoms with Gasteiger partial charge >= 0.3 is 0 Å². The van der Waals surface area contributed by atoms with E-state index in [1.807, 2.05) is 60.7 Å². The maximum Gasteiger partial charge on any atom is 0.187 e. The highest BCUT2D eigenvalue weighted by Crippen LogP contribution is 2.53. The number of rotatable bonds is 6. The maximum absolute atomic E-state index is 9.53. The second kappa shape index (κ2) is 13.3. The van der Waals surface area contributed by atoms with Crippen LogP contribution < -0.4 is 9.80 Å². The van der Waals surface area contributed by atoms with Gasteiger partial charge in [0.15, 0.2) is 5.69 Å². The third kappa shape index (κ3) is 5.42. The van der Waals surface area contributed by atoms with Gasteiger partial charge in [-0.25, -0.2) is 4.85 Å². The highest BCUT2D eigenvalue weighted by Gasteiger charge is 2.35. The summed E-state index contributed by atoms with van der Waals surface area (Å²) in [6, 6.07) is 66.2. The lowest BCUT2D eigenvalue weighted by Gasteiger charge is -2.37. The van der Waals surface area contributed by atoms with E-state index in [0.29, 0.717) is 11.3 Å². The monoisotopic (exact) mass is 728 g/mol. The first-order chi connectivity index (χ1) is 27.9. The van der Waals surface area contributed by atoms with Gasteiger partial charge in [0, 0.05) is 39.2 Å². The molecule has 0 N–H and O–H groups in total. The normalized spacial score (nSPS) is 12.5. The largest absolute Gasteiger partial charge is 0.310 e. The predicted octanol–water partition coefficient (Wildman–Crippen LogP) is 14.8. The van der Waals surface area contributed by atoms with Crippen molar-refractivity contribution in [1.82, 2.24) is 0 Å². The van der Waals surface area contributed by atoms with Gasteiger partial charge in [0.05, 0.1) is 23.9 Å². The number of hydrogen-bond donors (Lipinski definition) is 0. The Labute approximate surface area is 332 Å². The highest BCUT2D eigenvalue weighted by molar-refractivity contribution is 6.25. The topological polar surface area (TPSA) is 34.6 Å². The average molecular weight is 729 g/mol. The molecule has 0 saturated carbocycles. The van der Waals surface area contributed by atoms with E-state index in [0.717, 1.165) is 39.5 Å². The fraction of sp³-hybridized carbons (Fsp3) is 0.0566. The molecule has 10 rings (SSSR count). The first-order valence-corrected chi connectivity index (χ1v) is 19.2. The number of anilines is 6. The Morgan fingerprint density at radius 3 is 1.72 bits per heavy atom. The van der Waals surface area contributed by atoms with Gasteiger partial charge in [0.1, 0.15) is 0 Å². The van der Waals surface area contributed by atoms with Gasteiger partial charge in [0.25, 0.3) is 0 Å². The van der Waals surface area contributed by atoms with Crippen LogP contribution in [0.1, 0.15) is 30.5 Å². The fourth-order valence-corrected chi connectivity index (χ4v) is 8.92. The Bertz CT molecular complexity index is 3100. The average Bonchev–Trinajstić information content (AvgIpc) is 3.27. The lowest BCUT2D eigenvalue weighted by atomic mass is 9.68. The number of hydrogen-bond acceptors (Lipinski definition) is 3. The van der Waals surface area contributed by atoms with Crippen LogP contribution in [0.2, 0.25) is 0 Å². The molecule has 0 heterocycles. The summed E-state index contributed by atoms with van der Waals surface area (Å²) in [6.45, 7) is 12.3. The standard InChI is InChI=1S/C53H36N4/c1-53(2)49-20-12-19-45-47-33-51(57(38-15-8-5-9-16-38)40-27-23-36(55-3)24-28-40)44-18-11-10-17-42(44)46(47)32-48(52(45)49)43-30-29-41(31-50(43)53)56(37-13-6-4-7-14-37)39-25-21-35(34-54)22-26-39/h4-33H,1-2H3. The van der Waals surface area contributed by atoms with Crippen molar-refractivity contribution in [3.8, 4) is 17.2 Å². The van der Waals surface area contributed by atoms with Crippen molar-refractivity contribution in [3.63, 3.8) is 0 Å². The summed E-state index contributed by atoms with van der Waals surface area (Å²) in [5.74, 6) is 0. The zero-order valence-electron chi connectivity index (χ0n) is 31.6. The van der Waals surface area contributed by atoms with E-state index in [9.17, 15) is 5.26 Å². The van der Waals surface area contributed by atoms with E-state index >= 15 is 0 Å². The molecule has 9 aromatic rings. The number of nitriles is 1. The quantitative estimate of drug-likeness (QED) is 0.126. The van der Waals surface area contributed by atoms with Crippen LogP contribution in [0.4, 0.5) is 39.8 Å². The smallest absolute Gasteiger partial charge is 0.187 e. The Balaban J connectivity index is 1.22. The summed E-state index contributed by atoms with van der Waals surface area (Å²) in [5, 5.41) is 16.8.